The Labute approximate surface area is 102 Å². The maximum atomic E-state index is 12.4. The van der Waals surface area contributed by atoms with Crippen LogP contribution in [0.25, 0.3) is 0 Å². The average molecular weight is 260 g/mol. The molecule has 1 aromatic heterocycles. The molecular formula is C10H20N4O2S. The van der Waals surface area contributed by atoms with Gasteiger partial charge in [0.25, 0.3) is 10.0 Å². The zero-order valence-corrected chi connectivity index (χ0v) is 11.3. The van der Waals surface area contributed by atoms with Crippen molar-refractivity contribution in [3.8, 4) is 0 Å². The van der Waals surface area contributed by atoms with E-state index in [1.165, 1.54) is 21.3 Å². The van der Waals surface area contributed by atoms with Crippen molar-refractivity contribution in [3.63, 3.8) is 0 Å². The van der Waals surface area contributed by atoms with Gasteiger partial charge in [0.1, 0.15) is 0 Å². The van der Waals surface area contributed by atoms with Crippen LogP contribution in [-0.4, -0.2) is 41.6 Å². The van der Waals surface area contributed by atoms with Crippen LogP contribution < -0.4 is 5.73 Å². The normalized spacial score (nSPS) is 12.6. The number of rotatable bonds is 6. The van der Waals surface area contributed by atoms with Crippen LogP contribution in [0.4, 0.5) is 0 Å². The Morgan fingerprint density at radius 3 is 2.59 bits per heavy atom. The van der Waals surface area contributed by atoms with Gasteiger partial charge < -0.3 is 5.73 Å². The van der Waals surface area contributed by atoms with E-state index in [9.17, 15) is 8.42 Å². The molecule has 2 N–H and O–H groups in total. The van der Waals surface area contributed by atoms with E-state index < -0.39 is 10.0 Å². The van der Waals surface area contributed by atoms with Gasteiger partial charge in [-0.15, -0.1) is 0 Å². The van der Waals surface area contributed by atoms with E-state index in [0.29, 0.717) is 19.5 Å². The predicted molar refractivity (Wildman–Crippen MR) is 65.9 cm³/mol. The molecule has 0 radical (unpaired) electrons. The van der Waals surface area contributed by atoms with E-state index in [4.69, 9.17) is 5.73 Å². The second-order valence-corrected chi connectivity index (χ2v) is 5.98. The quantitative estimate of drug-likeness (QED) is 0.790. The van der Waals surface area contributed by atoms with Gasteiger partial charge in [0.05, 0.1) is 6.20 Å². The third kappa shape index (κ3) is 3.05. The maximum absolute atomic E-state index is 12.4. The molecule has 7 heteroatoms. The van der Waals surface area contributed by atoms with Crippen molar-refractivity contribution >= 4 is 10.0 Å². The zero-order valence-electron chi connectivity index (χ0n) is 10.5. The van der Waals surface area contributed by atoms with Crippen LogP contribution in [0.15, 0.2) is 17.3 Å². The van der Waals surface area contributed by atoms with Crippen LogP contribution in [0.5, 0.6) is 0 Å². The molecule has 1 aromatic rings. The van der Waals surface area contributed by atoms with Gasteiger partial charge in [-0.25, -0.2) is 8.42 Å². The van der Waals surface area contributed by atoms with E-state index >= 15 is 0 Å². The number of sulfonamides is 1. The van der Waals surface area contributed by atoms with E-state index in [2.05, 4.69) is 5.10 Å². The van der Waals surface area contributed by atoms with Gasteiger partial charge in [0.2, 0.25) is 0 Å². The first-order valence-corrected chi connectivity index (χ1v) is 7.05. The summed E-state index contributed by atoms with van der Waals surface area (Å²) in [5, 5.41) is 4.10. The molecule has 0 fully saturated rings. The van der Waals surface area contributed by atoms with Gasteiger partial charge in [-0.3, -0.25) is 4.68 Å². The van der Waals surface area contributed by atoms with Crippen molar-refractivity contribution < 1.29 is 8.42 Å². The Balaban J connectivity index is 3.05. The van der Waals surface area contributed by atoms with Crippen molar-refractivity contribution in [2.45, 2.75) is 31.3 Å². The van der Waals surface area contributed by atoms with Crippen LogP contribution in [0.1, 0.15) is 20.3 Å². The fourth-order valence-corrected chi connectivity index (χ4v) is 3.42. The van der Waals surface area contributed by atoms with E-state index in [1.807, 2.05) is 13.8 Å². The van der Waals surface area contributed by atoms with Crippen LogP contribution in [0.3, 0.4) is 0 Å². The second kappa shape index (κ2) is 5.61. The molecule has 0 bridgehead atoms. The van der Waals surface area contributed by atoms with Crippen molar-refractivity contribution in [1.82, 2.24) is 14.1 Å². The molecule has 1 heterocycles. The van der Waals surface area contributed by atoms with Crippen LogP contribution in [0, 0.1) is 0 Å². The largest absolute Gasteiger partial charge is 0.330 e. The van der Waals surface area contributed by atoms with Crippen molar-refractivity contribution in [1.29, 1.82) is 0 Å². The van der Waals surface area contributed by atoms with Gasteiger partial charge in [-0.1, -0.05) is 0 Å². The van der Waals surface area contributed by atoms with E-state index in [1.54, 1.807) is 7.05 Å². The van der Waals surface area contributed by atoms with Gasteiger partial charge in [-0.05, 0) is 32.9 Å². The van der Waals surface area contributed by atoms with Crippen molar-refractivity contribution in [3.05, 3.63) is 12.3 Å². The monoisotopic (exact) mass is 260 g/mol. The molecule has 0 saturated heterocycles. The highest BCUT2D eigenvalue weighted by Gasteiger charge is 2.28. The summed E-state index contributed by atoms with van der Waals surface area (Å²) in [7, 11) is -1.86. The van der Waals surface area contributed by atoms with Crippen molar-refractivity contribution in [2.24, 2.45) is 12.8 Å². The number of nitrogens with zero attached hydrogens (tertiary/aromatic N) is 3. The van der Waals surface area contributed by atoms with Gasteiger partial charge >= 0.3 is 0 Å². The first kappa shape index (κ1) is 14.1. The number of aromatic nitrogens is 2. The zero-order chi connectivity index (χ0) is 13.1. The minimum absolute atomic E-state index is 0.0959. The molecule has 6 nitrogen and oxygen atoms in total. The third-order valence-corrected chi connectivity index (χ3v) is 4.66. The van der Waals surface area contributed by atoms with Gasteiger partial charge in [0.15, 0.2) is 5.03 Å². The standard InChI is InChI=1S/C10H20N4O2S/c1-9(2)14(8-4-6-11)17(15,16)10-5-7-12-13(10)3/h5,7,9H,4,6,8,11H2,1-3H3. The topological polar surface area (TPSA) is 81.2 Å². The minimum Gasteiger partial charge on any atom is -0.330 e. The number of aryl methyl sites for hydroxylation is 1. The molecule has 0 spiro atoms. The average Bonchev–Trinajstić information content (AvgIpc) is 2.64. The minimum atomic E-state index is -3.48. The molecule has 0 aliphatic rings. The fourth-order valence-electron chi connectivity index (χ4n) is 1.64. The molecule has 0 atom stereocenters. The molecule has 98 valence electrons. The summed E-state index contributed by atoms with van der Waals surface area (Å²) in [6, 6.07) is 1.41. The number of hydrogen-bond donors (Lipinski definition) is 1. The Bertz CT molecular complexity index is 453. The Morgan fingerprint density at radius 1 is 1.53 bits per heavy atom. The summed E-state index contributed by atoms with van der Waals surface area (Å²) in [4.78, 5) is 0. The molecule has 1 rings (SSSR count). The fraction of sp³-hybridized carbons (Fsp3) is 0.700. The summed E-state index contributed by atoms with van der Waals surface area (Å²) in [5.41, 5.74) is 5.43. The third-order valence-electron chi connectivity index (χ3n) is 2.51. The molecular weight excluding hydrogens is 240 g/mol. The molecule has 0 aliphatic carbocycles. The molecule has 0 unspecified atom stereocenters. The van der Waals surface area contributed by atoms with Gasteiger partial charge in [-0.2, -0.15) is 9.40 Å². The SMILES string of the molecule is CC(C)N(CCCN)S(=O)(=O)c1ccnn1C. The second-order valence-electron chi connectivity index (χ2n) is 4.14. The first-order valence-electron chi connectivity index (χ1n) is 5.61. The van der Waals surface area contributed by atoms with Crippen LogP contribution >= 0.6 is 0 Å². The van der Waals surface area contributed by atoms with Gasteiger partial charge in [0, 0.05) is 19.6 Å². The highest BCUT2D eigenvalue weighted by atomic mass is 32.2. The predicted octanol–water partition coefficient (Wildman–Crippen LogP) is 0.168. The Hall–Kier alpha value is -0.920. The summed E-state index contributed by atoms with van der Waals surface area (Å²) in [6.45, 7) is 4.61. The molecule has 0 amide bonds. The summed E-state index contributed by atoms with van der Waals surface area (Å²) < 4.78 is 27.6. The lowest BCUT2D eigenvalue weighted by Gasteiger charge is -2.25. The summed E-state index contributed by atoms with van der Waals surface area (Å²) >= 11 is 0. The summed E-state index contributed by atoms with van der Waals surface area (Å²) in [6.07, 6.45) is 2.13. The highest BCUT2D eigenvalue weighted by Crippen LogP contribution is 2.17. The van der Waals surface area contributed by atoms with Crippen LogP contribution in [-0.2, 0) is 17.1 Å². The van der Waals surface area contributed by atoms with Crippen LogP contribution in [0.2, 0.25) is 0 Å². The summed E-state index contributed by atoms with van der Waals surface area (Å²) in [5.74, 6) is 0. The van der Waals surface area contributed by atoms with E-state index in [-0.39, 0.29) is 11.1 Å². The molecule has 0 aromatic carbocycles. The lowest BCUT2D eigenvalue weighted by atomic mass is 10.3. The molecule has 17 heavy (non-hydrogen) atoms. The maximum Gasteiger partial charge on any atom is 0.260 e. The lowest BCUT2D eigenvalue weighted by molar-refractivity contribution is 0.347. The lowest BCUT2D eigenvalue weighted by Crippen LogP contribution is -2.39. The van der Waals surface area contributed by atoms with Crippen molar-refractivity contribution in [2.75, 3.05) is 13.1 Å². The highest BCUT2D eigenvalue weighted by molar-refractivity contribution is 7.89. The first-order chi connectivity index (χ1) is 7.91. The van der Waals surface area contributed by atoms with E-state index in [0.717, 1.165) is 0 Å². The smallest absolute Gasteiger partial charge is 0.260 e. The molecule has 0 saturated carbocycles. The number of hydrogen-bond acceptors (Lipinski definition) is 4. The number of nitrogens with two attached hydrogens (primary N) is 1. The Kier molecular flexibility index (Phi) is 4.67. The molecule has 0 aliphatic heterocycles. The Morgan fingerprint density at radius 2 is 2.18 bits per heavy atom.